The molecule has 8 nitrogen and oxygen atoms in total. The normalized spacial score (nSPS) is 17.9. The number of hydrogen-bond donors (Lipinski definition) is 1. The van der Waals surface area contributed by atoms with Crippen molar-refractivity contribution in [3.63, 3.8) is 0 Å². The summed E-state index contributed by atoms with van der Waals surface area (Å²) in [6.45, 7) is 11.4. The van der Waals surface area contributed by atoms with Crippen molar-refractivity contribution in [2.75, 3.05) is 37.7 Å². The lowest BCUT2D eigenvalue weighted by Gasteiger charge is -2.37. The van der Waals surface area contributed by atoms with Crippen LogP contribution in [-0.2, 0) is 17.6 Å². The van der Waals surface area contributed by atoms with E-state index in [9.17, 15) is 4.79 Å². The number of piperazine rings is 1. The van der Waals surface area contributed by atoms with Crippen LogP contribution in [0.1, 0.15) is 54.5 Å². The third-order valence-corrected chi connectivity index (χ3v) is 7.32. The van der Waals surface area contributed by atoms with Crippen molar-refractivity contribution in [3.8, 4) is 6.01 Å². The highest BCUT2D eigenvalue weighted by Crippen LogP contribution is 2.40. The van der Waals surface area contributed by atoms with E-state index < -0.39 is 0 Å². The van der Waals surface area contributed by atoms with Crippen LogP contribution in [0.4, 0.5) is 5.82 Å². The van der Waals surface area contributed by atoms with Gasteiger partial charge in [-0.2, -0.15) is 15.1 Å². The third-order valence-electron chi connectivity index (χ3n) is 7.32. The van der Waals surface area contributed by atoms with E-state index in [4.69, 9.17) is 14.7 Å². The Balaban J connectivity index is 1.46. The van der Waals surface area contributed by atoms with Gasteiger partial charge in [-0.3, -0.25) is 9.89 Å². The van der Waals surface area contributed by atoms with Crippen LogP contribution >= 0.6 is 0 Å². The summed E-state index contributed by atoms with van der Waals surface area (Å²) in [5, 5.41) is 8.61. The average molecular weight is 475 g/mol. The highest BCUT2D eigenvalue weighted by molar-refractivity contribution is 5.87. The van der Waals surface area contributed by atoms with Gasteiger partial charge in [0, 0.05) is 37.1 Å². The number of H-pyrrole nitrogens is 1. The van der Waals surface area contributed by atoms with Gasteiger partial charge in [-0.1, -0.05) is 26.0 Å². The third kappa shape index (κ3) is 4.61. The number of nitrogens with zero attached hydrogens (tertiary/aromatic N) is 5. The minimum absolute atomic E-state index is 0.00964. The van der Waals surface area contributed by atoms with E-state index in [1.54, 1.807) is 0 Å². The molecule has 1 fully saturated rings. The van der Waals surface area contributed by atoms with Crippen molar-refractivity contribution in [1.82, 2.24) is 25.1 Å². The van der Waals surface area contributed by atoms with Crippen molar-refractivity contribution < 1.29 is 9.53 Å². The van der Waals surface area contributed by atoms with Crippen LogP contribution in [0.2, 0.25) is 0 Å². The average Bonchev–Trinajstić information content (AvgIpc) is 3.36. The number of fused-ring (bicyclic) bond motifs is 2. The number of rotatable bonds is 7. The smallest absolute Gasteiger partial charge is 0.318 e. The van der Waals surface area contributed by atoms with Crippen LogP contribution in [0.3, 0.4) is 0 Å². The molecule has 1 aromatic carbocycles. The molecule has 184 valence electrons. The Morgan fingerprint density at radius 2 is 2.09 bits per heavy atom. The highest BCUT2D eigenvalue weighted by atomic mass is 16.5. The molecule has 0 spiro atoms. The molecule has 1 aliphatic carbocycles. The van der Waals surface area contributed by atoms with Gasteiger partial charge in [0.2, 0.25) is 5.91 Å². The molecule has 1 aliphatic heterocycles. The predicted octanol–water partition coefficient (Wildman–Crippen LogP) is 3.95. The number of anilines is 1. The summed E-state index contributed by atoms with van der Waals surface area (Å²) in [5.41, 5.74) is 6.05. The van der Waals surface area contributed by atoms with Crippen molar-refractivity contribution in [1.29, 1.82) is 0 Å². The quantitative estimate of drug-likeness (QED) is 0.412. The van der Waals surface area contributed by atoms with Crippen LogP contribution in [0.5, 0.6) is 6.01 Å². The minimum Gasteiger partial charge on any atom is -0.463 e. The second-order valence-electron chi connectivity index (χ2n) is 9.54. The van der Waals surface area contributed by atoms with Gasteiger partial charge in [0.05, 0.1) is 24.0 Å². The summed E-state index contributed by atoms with van der Waals surface area (Å²) in [6.07, 6.45) is 8.20. The zero-order valence-electron chi connectivity index (χ0n) is 20.7. The maximum atomic E-state index is 12.1. The molecular formula is C27H34N6O2. The fourth-order valence-electron chi connectivity index (χ4n) is 5.41. The number of aromatic nitrogens is 4. The summed E-state index contributed by atoms with van der Waals surface area (Å²) >= 11 is 0. The number of nitrogens with one attached hydrogen (secondary N) is 1. The molecule has 35 heavy (non-hydrogen) atoms. The van der Waals surface area contributed by atoms with Crippen molar-refractivity contribution in [2.45, 2.75) is 51.9 Å². The topological polar surface area (TPSA) is 87.2 Å². The van der Waals surface area contributed by atoms with Crippen LogP contribution < -0.4 is 9.64 Å². The first kappa shape index (κ1) is 23.3. The monoisotopic (exact) mass is 474 g/mol. The van der Waals surface area contributed by atoms with E-state index in [1.165, 1.54) is 28.2 Å². The fraction of sp³-hybridized carbons (Fsp3) is 0.481. The van der Waals surface area contributed by atoms with Gasteiger partial charge in [0.25, 0.3) is 0 Å². The number of unbranched alkanes of at least 4 members (excludes halogenated alkanes) is 1. The molecule has 3 heterocycles. The van der Waals surface area contributed by atoms with E-state index in [1.807, 2.05) is 11.1 Å². The lowest BCUT2D eigenvalue weighted by atomic mass is 9.79. The van der Waals surface area contributed by atoms with Crippen LogP contribution in [-0.4, -0.2) is 63.8 Å². The molecule has 1 amide bonds. The molecule has 1 N–H and O–H groups in total. The molecule has 3 aromatic rings. The Morgan fingerprint density at radius 3 is 2.86 bits per heavy atom. The zero-order chi connectivity index (χ0) is 24.4. The van der Waals surface area contributed by atoms with Gasteiger partial charge in [0.15, 0.2) is 0 Å². The molecule has 5 rings (SSSR count). The van der Waals surface area contributed by atoms with Gasteiger partial charge < -0.3 is 14.5 Å². The molecule has 0 radical (unpaired) electrons. The Hall–Kier alpha value is -3.42. The maximum absolute atomic E-state index is 12.1. The first-order valence-corrected chi connectivity index (χ1v) is 12.7. The number of aromatic amines is 1. The van der Waals surface area contributed by atoms with Crippen LogP contribution in [0.25, 0.3) is 10.9 Å². The molecule has 0 bridgehead atoms. The molecule has 2 aromatic heterocycles. The Bertz CT molecular complexity index is 1230. The minimum atomic E-state index is -0.00964. The zero-order valence-corrected chi connectivity index (χ0v) is 20.7. The lowest BCUT2D eigenvalue weighted by Crippen LogP contribution is -2.49. The SMILES string of the molecule is C=CC(=O)N1CCN(c2nc(OCCCC)nc3c2CCC(c2c(C)ccc4[nH]ncc24)C3)CC1. The number of benzene rings is 1. The standard InChI is InChI=1S/C27H34N6O2/c1-4-6-15-35-27-29-23-16-19(25-18(3)7-10-22-21(25)17-28-31-22)8-9-20(23)26(30-27)33-13-11-32(12-14-33)24(34)5-2/h5,7,10,17,19H,2,4,6,8-9,11-16H2,1,3H3,(H,28,31). The van der Waals surface area contributed by atoms with E-state index in [0.29, 0.717) is 31.6 Å². The molecule has 8 heteroatoms. The molecule has 1 atom stereocenters. The molecule has 1 saturated heterocycles. The molecule has 0 saturated carbocycles. The molecule has 2 aliphatic rings. The van der Waals surface area contributed by atoms with Gasteiger partial charge >= 0.3 is 6.01 Å². The number of amides is 1. The summed E-state index contributed by atoms with van der Waals surface area (Å²) < 4.78 is 6.00. The largest absolute Gasteiger partial charge is 0.463 e. The van der Waals surface area contributed by atoms with Crippen LogP contribution in [0.15, 0.2) is 31.0 Å². The summed E-state index contributed by atoms with van der Waals surface area (Å²) in [4.78, 5) is 26.0. The van der Waals surface area contributed by atoms with Gasteiger partial charge in [0.1, 0.15) is 5.82 Å². The molecular weight excluding hydrogens is 440 g/mol. The van der Waals surface area contributed by atoms with E-state index in [-0.39, 0.29) is 5.91 Å². The lowest BCUT2D eigenvalue weighted by molar-refractivity contribution is -0.126. The number of hydrogen-bond acceptors (Lipinski definition) is 6. The Morgan fingerprint density at radius 1 is 1.26 bits per heavy atom. The Kier molecular flexibility index (Phi) is 6.70. The van der Waals surface area contributed by atoms with Gasteiger partial charge in [-0.05, 0) is 61.8 Å². The maximum Gasteiger partial charge on any atom is 0.318 e. The summed E-state index contributed by atoms with van der Waals surface area (Å²) in [6, 6.07) is 4.75. The van der Waals surface area contributed by atoms with E-state index in [2.05, 4.69) is 47.7 Å². The second-order valence-corrected chi connectivity index (χ2v) is 9.54. The molecule has 1 unspecified atom stereocenters. The first-order valence-electron chi connectivity index (χ1n) is 12.7. The van der Waals surface area contributed by atoms with Gasteiger partial charge in [-0.15, -0.1) is 0 Å². The Labute approximate surface area is 206 Å². The van der Waals surface area contributed by atoms with Crippen molar-refractivity contribution in [3.05, 3.63) is 53.4 Å². The summed E-state index contributed by atoms with van der Waals surface area (Å²) in [5.74, 6) is 1.34. The van der Waals surface area contributed by atoms with Gasteiger partial charge in [-0.25, -0.2) is 0 Å². The number of ether oxygens (including phenoxy) is 1. The van der Waals surface area contributed by atoms with E-state index in [0.717, 1.165) is 62.2 Å². The number of carbonyl (C=O) groups excluding carboxylic acids is 1. The van der Waals surface area contributed by atoms with E-state index >= 15 is 0 Å². The first-order chi connectivity index (χ1) is 17.1. The van der Waals surface area contributed by atoms with Crippen molar-refractivity contribution >= 4 is 22.6 Å². The second kappa shape index (κ2) is 10.1. The number of aryl methyl sites for hydroxylation is 1. The number of carbonyl (C=O) groups is 1. The fourth-order valence-corrected chi connectivity index (χ4v) is 5.41. The van der Waals surface area contributed by atoms with Crippen LogP contribution in [0, 0.1) is 6.92 Å². The van der Waals surface area contributed by atoms with Crippen molar-refractivity contribution in [2.24, 2.45) is 0 Å². The predicted molar refractivity (Wildman–Crippen MR) is 137 cm³/mol. The summed E-state index contributed by atoms with van der Waals surface area (Å²) in [7, 11) is 0. The highest BCUT2D eigenvalue weighted by Gasteiger charge is 2.30.